The lowest BCUT2D eigenvalue weighted by atomic mass is 10.2. The molecular weight excluding hydrogens is 344 g/mol. The van der Waals surface area contributed by atoms with Gasteiger partial charge in [-0.15, -0.1) is 0 Å². The fraction of sp³-hybridized carbons (Fsp3) is 0.542. The molecule has 0 unspecified atom stereocenters. The number of unbranched alkanes of at least 4 members (excludes halogenated alkanes) is 2. The summed E-state index contributed by atoms with van der Waals surface area (Å²) in [4.78, 5) is 9.67. The lowest BCUT2D eigenvalue weighted by Gasteiger charge is -2.22. The fourth-order valence-electron chi connectivity index (χ4n) is 4.14. The second-order valence-corrected chi connectivity index (χ2v) is 7.71. The van der Waals surface area contributed by atoms with Crippen molar-refractivity contribution in [2.75, 3.05) is 38.1 Å². The van der Waals surface area contributed by atoms with Gasteiger partial charge in [-0.05, 0) is 51.0 Å². The molecule has 152 valence electrons. The number of anilines is 1. The summed E-state index contributed by atoms with van der Waals surface area (Å²) in [5, 5.41) is 2.67. The Kier molecular flexibility index (Phi) is 7.32. The minimum Gasteiger partial charge on any atom is -0.358 e. The summed E-state index contributed by atoms with van der Waals surface area (Å²) in [6.07, 6.45) is 6.79. The lowest BCUT2D eigenvalue weighted by molar-refractivity contribution is 0.297. The molecule has 28 heavy (non-hydrogen) atoms. The molecule has 0 spiro atoms. The van der Waals surface area contributed by atoms with E-state index in [1.807, 2.05) is 6.20 Å². The summed E-state index contributed by atoms with van der Waals surface area (Å²) in [7, 11) is 2.20. The standard InChI is InChI=1S/C24H36N4/c1-5-8-19-28-22-14-10-9-13-20(22)21-15-16-25-24(23(21)28)26(4)17-11-12-18-27(6-2)7-3/h9-10,13-16H,5-8,11-12,17-19H2,1-4H3. The van der Waals surface area contributed by atoms with Gasteiger partial charge in [0.05, 0.1) is 5.52 Å². The number of aryl methyl sites for hydroxylation is 1. The predicted octanol–water partition coefficient (Wildman–Crippen LogP) is 5.55. The Morgan fingerprint density at radius 1 is 0.893 bits per heavy atom. The first kappa shape index (κ1) is 20.7. The van der Waals surface area contributed by atoms with Crippen LogP contribution >= 0.6 is 0 Å². The Bertz CT molecular complexity index is 879. The normalized spacial score (nSPS) is 11.8. The number of rotatable bonds is 11. The summed E-state index contributed by atoms with van der Waals surface area (Å²) in [5.41, 5.74) is 2.62. The van der Waals surface area contributed by atoms with Gasteiger partial charge >= 0.3 is 0 Å². The number of hydrogen-bond acceptors (Lipinski definition) is 3. The molecule has 3 aromatic rings. The average molecular weight is 381 g/mol. The summed E-state index contributed by atoms with van der Waals surface area (Å²) < 4.78 is 2.49. The van der Waals surface area contributed by atoms with Crippen LogP contribution in [0.2, 0.25) is 0 Å². The molecule has 0 fully saturated rings. The van der Waals surface area contributed by atoms with Crippen molar-refractivity contribution >= 4 is 27.6 Å². The molecule has 0 saturated heterocycles. The third kappa shape index (κ3) is 4.33. The molecule has 0 amide bonds. The largest absolute Gasteiger partial charge is 0.358 e. The molecule has 4 nitrogen and oxygen atoms in total. The third-order valence-corrected chi connectivity index (χ3v) is 5.87. The van der Waals surface area contributed by atoms with Gasteiger partial charge in [0.2, 0.25) is 0 Å². The highest BCUT2D eigenvalue weighted by Gasteiger charge is 2.16. The minimum atomic E-state index is 1.04. The van der Waals surface area contributed by atoms with E-state index in [9.17, 15) is 0 Å². The number of nitrogens with zero attached hydrogens (tertiary/aromatic N) is 4. The molecule has 4 heteroatoms. The van der Waals surface area contributed by atoms with E-state index in [0.717, 1.165) is 32.0 Å². The number of para-hydroxylation sites is 1. The van der Waals surface area contributed by atoms with Crippen molar-refractivity contribution in [3.63, 3.8) is 0 Å². The van der Waals surface area contributed by atoms with Crippen molar-refractivity contribution in [2.24, 2.45) is 0 Å². The first-order valence-corrected chi connectivity index (χ1v) is 11.0. The maximum Gasteiger partial charge on any atom is 0.152 e. The van der Waals surface area contributed by atoms with Crippen LogP contribution in [-0.2, 0) is 6.54 Å². The van der Waals surface area contributed by atoms with Crippen molar-refractivity contribution in [3.8, 4) is 0 Å². The highest BCUT2D eigenvalue weighted by molar-refractivity contribution is 6.11. The molecule has 2 aromatic heterocycles. The van der Waals surface area contributed by atoms with Gasteiger partial charge in [0.15, 0.2) is 5.82 Å². The van der Waals surface area contributed by atoms with Gasteiger partial charge in [0.1, 0.15) is 0 Å². The quantitative estimate of drug-likeness (QED) is 0.408. The monoisotopic (exact) mass is 380 g/mol. The molecule has 0 N–H and O–H groups in total. The number of aromatic nitrogens is 2. The molecule has 0 aliphatic rings. The number of pyridine rings is 1. The third-order valence-electron chi connectivity index (χ3n) is 5.87. The van der Waals surface area contributed by atoms with E-state index < -0.39 is 0 Å². The van der Waals surface area contributed by atoms with E-state index in [0.29, 0.717) is 0 Å². The van der Waals surface area contributed by atoms with Gasteiger partial charge < -0.3 is 14.4 Å². The SMILES string of the molecule is CCCCn1c2ccccc2c2ccnc(N(C)CCCCN(CC)CC)c21. The van der Waals surface area contributed by atoms with E-state index in [4.69, 9.17) is 4.98 Å². The average Bonchev–Trinajstić information content (AvgIpc) is 3.06. The van der Waals surface area contributed by atoms with Gasteiger partial charge in [0.25, 0.3) is 0 Å². The zero-order chi connectivity index (χ0) is 19.9. The zero-order valence-corrected chi connectivity index (χ0v) is 18.1. The van der Waals surface area contributed by atoms with Gasteiger partial charge in [-0.1, -0.05) is 45.4 Å². The molecule has 3 rings (SSSR count). The lowest BCUT2D eigenvalue weighted by Crippen LogP contribution is -2.26. The zero-order valence-electron chi connectivity index (χ0n) is 18.1. The molecular formula is C24H36N4. The van der Waals surface area contributed by atoms with Gasteiger partial charge in [-0.2, -0.15) is 0 Å². The molecule has 0 aliphatic heterocycles. The van der Waals surface area contributed by atoms with Crippen molar-refractivity contribution in [1.82, 2.24) is 14.5 Å². The Balaban J connectivity index is 1.86. The molecule has 2 heterocycles. The van der Waals surface area contributed by atoms with Gasteiger partial charge in [-0.3, -0.25) is 0 Å². The molecule has 0 bridgehead atoms. The molecule has 0 saturated carbocycles. The maximum atomic E-state index is 4.81. The molecule has 0 atom stereocenters. The van der Waals surface area contributed by atoms with Crippen molar-refractivity contribution in [1.29, 1.82) is 0 Å². The Morgan fingerprint density at radius 2 is 1.64 bits per heavy atom. The van der Waals surface area contributed by atoms with Crippen LogP contribution in [0.15, 0.2) is 36.5 Å². The highest BCUT2D eigenvalue weighted by atomic mass is 15.2. The summed E-state index contributed by atoms with van der Waals surface area (Å²) >= 11 is 0. The van der Waals surface area contributed by atoms with Crippen molar-refractivity contribution < 1.29 is 0 Å². The van der Waals surface area contributed by atoms with E-state index in [2.05, 4.69) is 72.5 Å². The first-order valence-electron chi connectivity index (χ1n) is 11.0. The summed E-state index contributed by atoms with van der Waals surface area (Å²) in [5.74, 6) is 1.12. The van der Waals surface area contributed by atoms with Crippen LogP contribution in [0.4, 0.5) is 5.82 Å². The molecule has 0 aliphatic carbocycles. The Morgan fingerprint density at radius 3 is 2.39 bits per heavy atom. The van der Waals surface area contributed by atoms with E-state index >= 15 is 0 Å². The Labute approximate surface area is 170 Å². The summed E-state index contributed by atoms with van der Waals surface area (Å²) in [6.45, 7) is 12.3. The van der Waals surface area contributed by atoms with Crippen LogP contribution in [0.3, 0.4) is 0 Å². The first-order chi connectivity index (χ1) is 13.7. The smallest absolute Gasteiger partial charge is 0.152 e. The topological polar surface area (TPSA) is 24.3 Å². The second-order valence-electron chi connectivity index (χ2n) is 7.71. The van der Waals surface area contributed by atoms with Crippen LogP contribution in [0.1, 0.15) is 46.5 Å². The summed E-state index contributed by atoms with van der Waals surface area (Å²) in [6, 6.07) is 11.0. The second kappa shape index (κ2) is 9.92. The Hall–Kier alpha value is -2.07. The molecule has 0 radical (unpaired) electrons. The minimum absolute atomic E-state index is 1.04. The fourth-order valence-corrected chi connectivity index (χ4v) is 4.14. The van der Waals surface area contributed by atoms with E-state index in [1.54, 1.807) is 0 Å². The van der Waals surface area contributed by atoms with Crippen molar-refractivity contribution in [2.45, 2.75) is 53.0 Å². The number of benzene rings is 1. The van der Waals surface area contributed by atoms with Crippen LogP contribution < -0.4 is 4.90 Å². The van der Waals surface area contributed by atoms with E-state index in [1.165, 1.54) is 54.0 Å². The van der Waals surface area contributed by atoms with Gasteiger partial charge in [-0.25, -0.2) is 4.98 Å². The van der Waals surface area contributed by atoms with Crippen LogP contribution in [0.25, 0.3) is 21.8 Å². The van der Waals surface area contributed by atoms with Crippen LogP contribution in [-0.4, -0.2) is 47.7 Å². The van der Waals surface area contributed by atoms with Gasteiger partial charge in [0, 0.05) is 42.6 Å². The predicted molar refractivity (Wildman–Crippen MR) is 122 cm³/mol. The molecule has 1 aromatic carbocycles. The number of fused-ring (bicyclic) bond motifs is 3. The van der Waals surface area contributed by atoms with Crippen molar-refractivity contribution in [3.05, 3.63) is 36.5 Å². The van der Waals surface area contributed by atoms with Crippen LogP contribution in [0.5, 0.6) is 0 Å². The maximum absolute atomic E-state index is 4.81. The van der Waals surface area contributed by atoms with E-state index in [-0.39, 0.29) is 0 Å². The van der Waals surface area contributed by atoms with Crippen LogP contribution in [0, 0.1) is 0 Å². The highest BCUT2D eigenvalue weighted by Crippen LogP contribution is 2.34. The number of hydrogen-bond donors (Lipinski definition) is 0.